The highest BCUT2D eigenvalue weighted by molar-refractivity contribution is 7.09. The highest BCUT2D eigenvalue weighted by Crippen LogP contribution is 2.19. The SMILES string of the molecule is COc1ccc(C(=O)NCc2csc(C(C)C)n2)cc1. The first kappa shape index (κ1) is 14.5. The molecular weight excluding hydrogens is 272 g/mol. The minimum Gasteiger partial charge on any atom is -0.497 e. The Morgan fingerprint density at radius 1 is 1.35 bits per heavy atom. The van der Waals surface area contributed by atoms with Crippen molar-refractivity contribution < 1.29 is 9.53 Å². The lowest BCUT2D eigenvalue weighted by molar-refractivity contribution is 0.0950. The zero-order valence-corrected chi connectivity index (χ0v) is 12.7. The van der Waals surface area contributed by atoms with Crippen LogP contribution in [0.4, 0.5) is 0 Å². The van der Waals surface area contributed by atoms with Crippen LogP contribution in [-0.2, 0) is 6.54 Å². The number of nitrogens with one attached hydrogen (secondary N) is 1. The second-order valence-corrected chi connectivity index (χ2v) is 5.63. The minimum atomic E-state index is -0.105. The van der Waals surface area contributed by atoms with Gasteiger partial charge in [0.05, 0.1) is 24.4 Å². The number of carbonyl (C=O) groups is 1. The molecule has 0 atom stereocenters. The van der Waals surface area contributed by atoms with Crippen LogP contribution in [0.3, 0.4) is 0 Å². The predicted octanol–water partition coefficient (Wildman–Crippen LogP) is 3.21. The molecule has 0 aliphatic rings. The fourth-order valence-corrected chi connectivity index (χ4v) is 2.52. The van der Waals surface area contributed by atoms with Crippen LogP contribution >= 0.6 is 11.3 Å². The van der Waals surface area contributed by atoms with E-state index in [0.717, 1.165) is 16.5 Å². The maximum absolute atomic E-state index is 12.0. The number of methoxy groups -OCH3 is 1. The maximum atomic E-state index is 12.0. The highest BCUT2D eigenvalue weighted by Gasteiger charge is 2.08. The summed E-state index contributed by atoms with van der Waals surface area (Å²) in [6, 6.07) is 7.03. The van der Waals surface area contributed by atoms with Gasteiger partial charge in [0.1, 0.15) is 5.75 Å². The van der Waals surface area contributed by atoms with E-state index in [4.69, 9.17) is 4.74 Å². The van der Waals surface area contributed by atoms with Crippen molar-refractivity contribution in [3.8, 4) is 5.75 Å². The van der Waals surface area contributed by atoms with Crippen LogP contribution in [0.25, 0.3) is 0 Å². The molecule has 0 aliphatic carbocycles. The summed E-state index contributed by atoms with van der Waals surface area (Å²) in [5, 5.41) is 5.96. The van der Waals surface area contributed by atoms with Crippen molar-refractivity contribution in [2.75, 3.05) is 7.11 Å². The van der Waals surface area contributed by atoms with Gasteiger partial charge in [0.15, 0.2) is 0 Å². The topological polar surface area (TPSA) is 51.2 Å². The van der Waals surface area contributed by atoms with Gasteiger partial charge in [-0.2, -0.15) is 0 Å². The molecule has 0 aliphatic heterocycles. The van der Waals surface area contributed by atoms with E-state index in [-0.39, 0.29) is 5.91 Å². The first-order chi connectivity index (χ1) is 9.60. The molecule has 0 spiro atoms. The molecule has 2 aromatic rings. The lowest BCUT2D eigenvalue weighted by Crippen LogP contribution is -2.22. The van der Waals surface area contributed by atoms with Crippen LogP contribution in [-0.4, -0.2) is 18.0 Å². The first-order valence-corrected chi connectivity index (χ1v) is 7.34. The number of thiazole rings is 1. The molecular formula is C15H18N2O2S. The number of benzene rings is 1. The predicted molar refractivity (Wildman–Crippen MR) is 80.4 cm³/mol. The maximum Gasteiger partial charge on any atom is 0.251 e. The molecule has 0 saturated heterocycles. The van der Waals surface area contributed by atoms with E-state index in [9.17, 15) is 4.79 Å². The Morgan fingerprint density at radius 3 is 2.60 bits per heavy atom. The van der Waals surface area contributed by atoms with E-state index in [1.54, 1.807) is 42.7 Å². The minimum absolute atomic E-state index is 0.105. The van der Waals surface area contributed by atoms with Crippen LogP contribution in [0, 0.1) is 0 Å². The number of hydrogen-bond donors (Lipinski definition) is 1. The summed E-state index contributed by atoms with van der Waals surface area (Å²) in [4.78, 5) is 16.5. The Balaban J connectivity index is 1.93. The molecule has 1 aromatic carbocycles. The molecule has 5 heteroatoms. The van der Waals surface area contributed by atoms with Gasteiger partial charge in [0, 0.05) is 16.9 Å². The van der Waals surface area contributed by atoms with E-state index in [0.29, 0.717) is 18.0 Å². The van der Waals surface area contributed by atoms with Crippen molar-refractivity contribution in [1.82, 2.24) is 10.3 Å². The van der Waals surface area contributed by atoms with Gasteiger partial charge in [0.2, 0.25) is 0 Å². The third-order valence-corrected chi connectivity index (χ3v) is 4.04. The van der Waals surface area contributed by atoms with E-state index in [2.05, 4.69) is 24.1 Å². The number of amides is 1. The van der Waals surface area contributed by atoms with E-state index < -0.39 is 0 Å². The number of hydrogen-bond acceptors (Lipinski definition) is 4. The molecule has 0 saturated carbocycles. The van der Waals surface area contributed by atoms with Crippen molar-refractivity contribution in [3.05, 3.63) is 45.9 Å². The summed E-state index contributed by atoms with van der Waals surface area (Å²) < 4.78 is 5.06. The summed E-state index contributed by atoms with van der Waals surface area (Å²) >= 11 is 1.63. The van der Waals surface area contributed by atoms with Gasteiger partial charge in [-0.05, 0) is 24.3 Å². The highest BCUT2D eigenvalue weighted by atomic mass is 32.1. The van der Waals surface area contributed by atoms with E-state index >= 15 is 0 Å². The van der Waals surface area contributed by atoms with Crippen LogP contribution in [0.1, 0.15) is 40.8 Å². The molecule has 0 radical (unpaired) electrons. The van der Waals surface area contributed by atoms with E-state index in [1.807, 2.05) is 5.38 Å². The molecule has 1 heterocycles. The van der Waals surface area contributed by atoms with Gasteiger partial charge in [-0.3, -0.25) is 4.79 Å². The van der Waals surface area contributed by atoms with Gasteiger partial charge in [-0.1, -0.05) is 13.8 Å². The average Bonchev–Trinajstić information content (AvgIpc) is 2.94. The fourth-order valence-electron chi connectivity index (χ4n) is 1.68. The quantitative estimate of drug-likeness (QED) is 0.920. The molecule has 106 valence electrons. The fraction of sp³-hybridized carbons (Fsp3) is 0.333. The van der Waals surface area contributed by atoms with E-state index in [1.165, 1.54) is 0 Å². The molecule has 1 amide bonds. The molecule has 0 fully saturated rings. The Kier molecular flexibility index (Phi) is 4.74. The summed E-state index contributed by atoms with van der Waals surface area (Å²) in [5.41, 5.74) is 1.52. The Labute approximate surface area is 122 Å². The molecule has 4 nitrogen and oxygen atoms in total. The summed E-state index contributed by atoms with van der Waals surface area (Å²) in [5.74, 6) is 1.06. The third-order valence-electron chi connectivity index (χ3n) is 2.85. The number of nitrogens with zero attached hydrogens (tertiary/aromatic N) is 1. The normalized spacial score (nSPS) is 10.6. The molecule has 0 unspecified atom stereocenters. The number of aromatic nitrogens is 1. The Hall–Kier alpha value is -1.88. The first-order valence-electron chi connectivity index (χ1n) is 6.46. The average molecular weight is 290 g/mol. The Bertz CT molecular complexity index is 576. The monoisotopic (exact) mass is 290 g/mol. The van der Waals surface area contributed by atoms with Gasteiger partial charge < -0.3 is 10.1 Å². The van der Waals surface area contributed by atoms with Crippen molar-refractivity contribution in [2.45, 2.75) is 26.3 Å². The zero-order chi connectivity index (χ0) is 14.5. The summed E-state index contributed by atoms with van der Waals surface area (Å²) in [6.07, 6.45) is 0. The lowest BCUT2D eigenvalue weighted by Gasteiger charge is -2.04. The second-order valence-electron chi connectivity index (χ2n) is 4.74. The number of carbonyl (C=O) groups excluding carboxylic acids is 1. The van der Waals surface area contributed by atoms with Crippen LogP contribution < -0.4 is 10.1 Å². The standard InChI is InChI=1S/C15H18N2O2S/c1-10(2)15-17-12(9-20-15)8-16-14(18)11-4-6-13(19-3)7-5-11/h4-7,9-10H,8H2,1-3H3,(H,16,18). The summed E-state index contributed by atoms with van der Waals surface area (Å²) in [6.45, 7) is 4.67. The van der Waals surface area contributed by atoms with Gasteiger partial charge in [0.25, 0.3) is 5.91 Å². The van der Waals surface area contributed by atoms with Gasteiger partial charge in [-0.25, -0.2) is 4.98 Å². The molecule has 0 bridgehead atoms. The number of rotatable bonds is 5. The zero-order valence-electron chi connectivity index (χ0n) is 11.8. The van der Waals surface area contributed by atoms with Crippen molar-refractivity contribution in [1.29, 1.82) is 0 Å². The molecule has 1 N–H and O–H groups in total. The van der Waals surface area contributed by atoms with Crippen LogP contribution in [0.15, 0.2) is 29.6 Å². The second kappa shape index (κ2) is 6.52. The van der Waals surface area contributed by atoms with Crippen molar-refractivity contribution >= 4 is 17.2 Å². The van der Waals surface area contributed by atoms with Gasteiger partial charge >= 0.3 is 0 Å². The van der Waals surface area contributed by atoms with Crippen molar-refractivity contribution in [2.24, 2.45) is 0 Å². The van der Waals surface area contributed by atoms with Crippen LogP contribution in [0.2, 0.25) is 0 Å². The smallest absolute Gasteiger partial charge is 0.251 e. The van der Waals surface area contributed by atoms with Gasteiger partial charge in [-0.15, -0.1) is 11.3 Å². The van der Waals surface area contributed by atoms with Crippen LogP contribution in [0.5, 0.6) is 5.75 Å². The Morgan fingerprint density at radius 2 is 2.05 bits per heavy atom. The van der Waals surface area contributed by atoms with Crippen molar-refractivity contribution in [3.63, 3.8) is 0 Å². The summed E-state index contributed by atoms with van der Waals surface area (Å²) in [7, 11) is 1.60. The molecule has 1 aromatic heterocycles. The largest absolute Gasteiger partial charge is 0.497 e. The molecule has 20 heavy (non-hydrogen) atoms. The number of ether oxygens (including phenoxy) is 1. The third kappa shape index (κ3) is 3.57. The lowest BCUT2D eigenvalue weighted by atomic mass is 10.2. The molecule has 2 rings (SSSR count).